The van der Waals surface area contributed by atoms with E-state index in [2.05, 4.69) is 0 Å². The summed E-state index contributed by atoms with van der Waals surface area (Å²) in [7, 11) is 0. The van der Waals surface area contributed by atoms with Gasteiger partial charge in [-0.2, -0.15) is 0 Å². The van der Waals surface area contributed by atoms with Crippen LogP contribution in [0.2, 0.25) is 0 Å². The van der Waals surface area contributed by atoms with Gasteiger partial charge in [0.05, 0.1) is 5.56 Å². The highest BCUT2D eigenvalue weighted by Crippen LogP contribution is 2.36. The minimum atomic E-state index is -0.916. The number of rotatable bonds is 2. The van der Waals surface area contributed by atoms with Crippen LogP contribution in [0, 0.1) is 6.92 Å². The first-order valence-corrected chi connectivity index (χ1v) is 5.53. The summed E-state index contributed by atoms with van der Waals surface area (Å²) in [6.45, 7) is 3.19. The van der Waals surface area contributed by atoms with E-state index in [4.69, 9.17) is 9.84 Å². The SMILES string of the molecule is CC(=O)OC1CCc2c1ccc(C(=O)O)c2C. The second-order valence-corrected chi connectivity index (χ2v) is 4.25. The molecule has 0 heterocycles. The van der Waals surface area contributed by atoms with Crippen LogP contribution in [-0.4, -0.2) is 17.0 Å². The molecule has 0 aliphatic heterocycles. The smallest absolute Gasteiger partial charge is 0.335 e. The maximum atomic E-state index is 11.0. The van der Waals surface area contributed by atoms with E-state index in [9.17, 15) is 9.59 Å². The number of carboxylic acids is 1. The van der Waals surface area contributed by atoms with Gasteiger partial charge < -0.3 is 9.84 Å². The average Bonchev–Trinajstić information content (AvgIpc) is 2.61. The van der Waals surface area contributed by atoms with Gasteiger partial charge in [0.25, 0.3) is 0 Å². The second kappa shape index (κ2) is 4.20. The van der Waals surface area contributed by atoms with Gasteiger partial charge in [-0.3, -0.25) is 4.79 Å². The highest BCUT2D eigenvalue weighted by atomic mass is 16.5. The first-order chi connectivity index (χ1) is 8.00. The van der Waals surface area contributed by atoms with Crippen LogP contribution in [-0.2, 0) is 16.0 Å². The predicted octanol–water partition coefficient (Wildman–Crippen LogP) is 2.24. The zero-order valence-corrected chi connectivity index (χ0v) is 9.82. The Morgan fingerprint density at radius 2 is 2.12 bits per heavy atom. The molecule has 17 heavy (non-hydrogen) atoms. The Morgan fingerprint density at radius 1 is 1.41 bits per heavy atom. The number of carbonyl (C=O) groups is 2. The fourth-order valence-corrected chi connectivity index (χ4v) is 2.40. The lowest BCUT2D eigenvalue weighted by molar-refractivity contribution is -0.146. The molecule has 0 amide bonds. The molecule has 4 heteroatoms. The molecule has 0 spiro atoms. The first kappa shape index (κ1) is 11.6. The summed E-state index contributed by atoms with van der Waals surface area (Å²) in [6.07, 6.45) is 1.28. The highest BCUT2D eigenvalue weighted by molar-refractivity contribution is 5.90. The molecule has 1 aromatic rings. The van der Waals surface area contributed by atoms with Crippen LogP contribution in [0.15, 0.2) is 12.1 Å². The fourth-order valence-electron chi connectivity index (χ4n) is 2.40. The van der Waals surface area contributed by atoms with Crippen molar-refractivity contribution >= 4 is 11.9 Å². The fraction of sp³-hybridized carbons (Fsp3) is 0.385. The zero-order valence-electron chi connectivity index (χ0n) is 9.82. The van der Waals surface area contributed by atoms with Crippen molar-refractivity contribution in [2.75, 3.05) is 0 Å². The van der Waals surface area contributed by atoms with Crippen molar-refractivity contribution < 1.29 is 19.4 Å². The Bertz CT molecular complexity index is 490. The minimum Gasteiger partial charge on any atom is -0.478 e. The lowest BCUT2D eigenvalue weighted by Crippen LogP contribution is -2.07. The van der Waals surface area contributed by atoms with Crippen LogP contribution in [0.1, 0.15) is 46.5 Å². The van der Waals surface area contributed by atoms with Gasteiger partial charge in [0.1, 0.15) is 6.10 Å². The molecule has 0 radical (unpaired) electrons. The molecular weight excluding hydrogens is 220 g/mol. The molecule has 90 valence electrons. The van der Waals surface area contributed by atoms with Gasteiger partial charge in [-0.05, 0) is 42.5 Å². The van der Waals surface area contributed by atoms with Crippen LogP contribution < -0.4 is 0 Å². The molecule has 0 saturated carbocycles. The molecule has 1 unspecified atom stereocenters. The monoisotopic (exact) mass is 234 g/mol. The molecule has 1 aromatic carbocycles. The maximum Gasteiger partial charge on any atom is 0.335 e. The van der Waals surface area contributed by atoms with E-state index >= 15 is 0 Å². The van der Waals surface area contributed by atoms with E-state index in [-0.39, 0.29) is 12.1 Å². The second-order valence-electron chi connectivity index (χ2n) is 4.25. The predicted molar refractivity (Wildman–Crippen MR) is 61.0 cm³/mol. The number of carbonyl (C=O) groups excluding carboxylic acids is 1. The number of aromatic carboxylic acids is 1. The number of benzene rings is 1. The number of hydrogen-bond acceptors (Lipinski definition) is 3. The Kier molecular flexibility index (Phi) is 2.88. The Labute approximate surface area is 99.2 Å². The lowest BCUT2D eigenvalue weighted by atomic mass is 9.98. The Morgan fingerprint density at radius 3 is 2.71 bits per heavy atom. The molecule has 0 aromatic heterocycles. The Hall–Kier alpha value is -1.84. The summed E-state index contributed by atoms with van der Waals surface area (Å²) in [6, 6.07) is 3.34. The van der Waals surface area contributed by atoms with Gasteiger partial charge >= 0.3 is 11.9 Å². The molecule has 1 aliphatic carbocycles. The van der Waals surface area contributed by atoms with Crippen molar-refractivity contribution in [1.82, 2.24) is 0 Å². The van der Waals surface area contributed by atoms with E-state index in [1.165, 1.54) is 6.92 Å². The molecular formula is C13H14O4. The third-order valence-corrected chi connectivity index (χ3v) is 3.18. The molecule has 0 bridgehead atoms. The van der Waals surface area contributed by atoms with E-state index in [1.807, 2.05) is 0 Å². The molecule has 2 rings (SSSR count). The summed E-state index contributed by atoms with van der Waals surface area (Å²) >= 11 is 0. The highest BCUT2D eigenvalue weighted by Gasteiger charge is 2.27. The largest absolute Gasteiger partial charge is 0.478 e. The van der Waals surface area contributed by atoms with Gasteiger partial charge in [0, 0.05) is 6.92 Å². The van der Waals surface area contributed by atoms with Gasteiger partial charge in [-0.15, -0.1) is 0 Å². The van der Waals surface area contributed by atoms with E-state index in [0.29, 0.717) is 5.56 Å². The summed E-state index contributed by atoms with van der Waals surface area (Å²) in [5.41, 5.74) is 3.07. The maximum absolute atomic E-state index is 11.0. The van der Waals surface area contributed by atoms with Crippen LogP contribution in [0.5, 0.6) is 0 Å². The summed E-state index contributed by atoms with van der Waals surface area (Å²) in [5.74, 6) is -1.22. The summed E-state index contributed by atoms with van der Waals surface area (Å²) < 4.78 is 5.21. The molecule has 1 atom stereocenters. The minimum absolute atomic E-state index is 0.218. The molecule has 0 fully saturated rings. The van der Waals surface area contributed by atoms with Crippen LogP contribution >= 0.6 is 0 Å². The molecule has 1 aliphatic rings. The zero-order chi connectivity index (χ0) is 12.6. The van der Waals surface area contributed by atoms with E-state index < -0.39 is 5.97 Å². The molecule has 1 N–H and O–H groups in total. The number of hydrogen-bond donors (Lipinski definition) is 1. The standard InChI is InChI=1S/C13H14O4/c1-7-9-5-6-12(17-8(2)14)11(9)4-3-10(7)13(15)16/h3-4,12H,5-6H2,1-2H3,(H,15,16). The van der Waals surface area contributed by atoms with Crippen molar-refractivity contribution in [3.05, 3.63) is 34.4 Å². The summed E-state index contributed by atoms with van der Waals surface area (Å²) in [5, 5.41) is 9.02. The number of ether oxygens (including phenoxy) is 1. The van der Waals surface area contributed by atoms with Gasteiger partial charge in [-0.1, -0.05) is 6.07 Å². The molecule has 0 saturated heterocycles. The van der Waals surface area contributed by atoms with Crippen molar-refractivity contribution in [3.63, 3.8) is 0 Å². The van der Waals surface area contributed by atoms with E-state index in [1.54, 1.807) is 19.1 Å². The van der Waals surface area contributed by atoms with Crippen LogP contribution in [0.3, 0.4) is 0 Å². The van der Waals surface area contributed by atoms with Crippen LogP contribution in [0.25, 0.3) is 0 Å². The van der Waals surface area contributed by atoms with E-state index in [0.717, 1.165) is 29.5 Å². The Balaban J connectivity index is 2.40. The summed E-state index contributed by atoms with van der Waals surface area (Å²) in [4.78, 5) is 21.9. The lowest BCUT2D eigenvalue weighted by Gasteiger charge is -2.13. The number of esters is 1. The molecule has 4 nitrogen and oxygen atoms in total. The number of fused-ring (bicyclic) bond motifs is 1. The van der Waals surface area contributed by atoms with Gasteiger partial charge in [0.15, 0.2) is 0 Å². The third kappa shape index (κ3) is 2.02. The van der Waals surface area contributed by atoms with Gasteiger partial charge in [0.2, 0.25) is 0 Å². The van der Waals surface area contributed by atoms with Crippen molar-refractivity contribution in [2.24, 2.45) is 0 Å². The van der Waals surface area contributed by atoms with Gasteiger partial charge in [-0.25, -0.2) is 4.79 Å². The van der Waals surface area contributed by atoms with Crippen molar-refractivity contribution in [1.29, 1.82) is 0 Å². The van der Waals surface area contributed by atoms with Crippen LogP contribution in [0.4, 0.5) is 0 Å². The topological polar surface area (TPSA) is 63.6 Å². The average molecular weight is 234 g/mol. The normalized spacial score (nSPS) is 17.6. The first-order valence-electron chi connectivity index (χ1n) is 5.53. The number of carboxylic acid groups (broad SMARTS) is 1. The van der Waals surface area contributed by atoms with Crippen molar-refractivity contribution in [2.45, 2.75) is 32.8 Å². The van der Waals surface area contributed by atoms with Crippen molar-refractivity contribution in [3.8, 4) is 0 Å². The quantitative estimate of drug-likeness (QED) is 0.797. The third-order valence-electron chi connectivity index (χ3n) is 3.18.